The molecule has 0 aliphatic heterocycles. The van der Waals surface area contributed by atoms with E-state index >= 15 is 0 Å². The largest absolute Gasteiger partial charge is 0.455 e. The summed E-state index contributed by atoms with van der Waals surface area (Å²) in [7, 11) is 0. The van der Waals surface area contributed by atoms with Gasteiger partial charge in [0.1, 0.15) is 11.2 Å². The van der Waals surface area contributed by atoms with E-state index in [1.54, 1.807) is 0 Å². The van der Waals surface area contributed by atoms with Crippen molar-refractivity contribution in [3.63, 3.8) is 0 Å². The zero-order valence-corrected chi connectivity index (χ0v) is 40.5. The third-order valence-electron chi connectivity index (χ3n) is 14.8. The normalized spacial score (nSPS) is 11.7. The Bertz CT molecular complexity index is 4690. The summed E-state index contributed by atoms with van der Waals surface area (Å²) in [5.41, 5.74) is 17.5. The number of hydrogen-bond donors (Lipinski definition) is 0. The molecule has 0 atom stereocenters. The standard InChI is InChI=1S/C69H43N5O/c1-4-19-44(20-5-1)46-39-41-47(42-40-46)67-70-68(49-24-14-23-48(43-49)45-21-6-2-7-22-45)72-69(71-67)57-33-16-32-56-63-52(29-17-38-62(63)75-66(56)57)54-31-15-30-53-51-27-10-12-34-58(51)74(65(53)54)61-37-18-36-60-64(61)55-28-11-13-35-59(55)73(60)50-25-8-3-9-26-50/h1-43H. The molecule has 4 heterocycles. The molecule has 11 aromatic carbocycles. The van der Waals surface area contributed by atoms with Crippen LogP contribution < -0.4 is 0 Å². The zero-order chi connectivity index (χ0) is 49.4. The van der Waals surface area contributed by atoms with E-state index in [9.17, 15) is 0 Å². The number of rotatable bonds is 8. The van der Waals surface area contributed by atoms with E-state index in [0.717, 1.165) is 99.9 Å². The Balaban J connectivity index is 0.942. The van der Waals surface area contributed by atoms with E-state index in [4.69, 9.17) is 19.4 Å². The van der Waals surface area contributed by atoms with E-state index in [-0.39, 0.29) is 0 Å². The van der Waals surface area contributed by atoms with Gasteiger partial charge in [0.25, 0.3) is 0 Å². The number of nitrogens with zero attached hydrogens (tertiary/aromatic N) is 5. The first-order valence-corrected chi connectivity index (χ1v) is 25.3. The zero-order valence-electron chi connectivity index (χ0n) is 40.5. The predicted molar refractivity (Wildman–Crippen MR) is 308 cm³/mol. The number of aromatic nitrogens is 5. The molecule has 0 bridgehead atoms. The summed E-state index contributed by atoms with van der Waals surface area (Å²) in [5.74, 6) is 1.69. The second-order valence-corrected chi connectivity index (χ2v) is 19.1. The summed E-state index contributed by atoms with van der Waals surface area (Å²) in [6.45, 7) is 0. The molecule has 4 aromatic heterocycles. The molecular weight excluding hydrogens is 915 g/mol. The summed E-state index contributed by atoms with van der Waals surface area (Å²) < 4.78 is 11.9. The molecule has 0 aliphatic carbocycles. The van der Waals surface area contributed by atoms with Crippen LogP contribution in [0, 0.1) is 0 Å². The minimum absolute atomic E-state index is 0.531. The topological polar surface area (TPSA) is 61.7 Å². The maximum absolute atomic E-state index is 7.06. The van der Waals surface area contributed by atoms with Crippen LogP contribution in [0.3, 0.4) is 0 Å². The molecule has 0 spiro atoms. The lowest BCUT2D eigenvalue weighted by atomic mass is 9.96. The monoisotopic (exact) mass is 957 g/mol. The average Bonchev–Trinajstić information content (AvgIpc) is 4.16. The molecule has 15 aromatic rings. The molecule has 0 amide bonds. The molecule has 0 saturated heterocycles. The summed E-state index contributed by atoms with van der Waals surface area (Å²) in [6.07, 6.45) is 0. The number of furan rings is 1. The predicted octanol–water partition coefficient (Wildman–Crippen LogP) is 18.0. The highest BCUT2D eigenvalue weighted by molar-refractivity contribution is 6.22. The Hall–Kier alpha value is -10.2. The van der Waals surface area contributed by atoms with Crippen LogP contribution in [0.5, 0.6) is 0 Å². The number of benzene rings is 11. The van der Waals surface area contributed by atoms with E-state index < -0.39 is 0 Å². The fraction of sp³-hybridized carbons (Fsp3) is 0. The molecule has 0 fully saturated rings. The summed E-state index contributed by atoms with van der Waals surface area (Å²) >= 11 is 0. The number of hydrogen-bond acceptors (Lipinski definition) is 4. The second-order valence-electron chi connectivity index (χ2n) is 19.1. The van der Waals surface area contributed by atoms with Crippen LogP contribution >= 0.6 is 0 Å². The lowest BCUT2D eigenvalue weighted by molar-refractivity contribution is 0.669. The Morgan fingerprint density at radius 1 is 0.293 bits per heavy atom. The SMILES string of the molecule is c1ccc(-c2ccc(-c3nc(-c4cccc(-c5ccccc5)c4)nc(-c4cccc5c4oc4cccc(-c6cccc7c8ccccc8n(-c8cccc9c8c8ccccc8n9-c8ccccc8)c67)c45)n3)cc2)cc1. The van der Waals surface area contributed by atoms with Gasteiger partial charge < -0.3 is 13.6 Å². The highest BCUT2D eigenvalue weighted by atomic mass is 16.3. The van der Waals surface area contributed by atoms with Crippen molar-refractivity contribution in [2.75, 3.05) is 0 Å². The van der Waals surface area contributed by atoms with Crippen molar-refractivity contribution >= 4 is 65.6 Å². The summed E-state index contributed by atoms with van der Waals surface area (Å²) in [5, 5.41) is 6.77. The van der Waals surface area contributed by atoms with E-state index in [0.29, 0.717) is 23.1 Å². The van der Waals surface area contributed by atoms with Crippen molar-refractivity contribution in [2.45, 2.75) is 0 Å². The molecule has 0 aliphatic rings. The number of para-hydroxylation sites is 5. The van der Waals surface area contributed by atoms with Crippen molar-refractivity contribution < 1.29 is 4.42 Å². The Morgan fingerprint density at radius 3 is 1.57 bits per heavy atom. The van der Waals surface area contributed by atoms with Crippen LogP contribution in [0.4, 0.5) is 0 Å². The van der Waals surface area contributed by atoms with Crippen molar-refractivity contribution in [1.82, 2.24) is 24.1 Å². The molecule has 0 radical (unpaired) electrons. The van der Waals surface area contributed by atoms with Crippen LogP contribution in [0.15, 0.2) is 265 Å². The van der Waals surface area contributed by atoms with Crippen molar-refractivity contribution in [3.8, 4) is 78.9 Å². The van der Waals surface area contributed by atoms with Gasteiger partial charge in [-0.05, 0) is 82.4 Å². The third-order valence-corrected chi connectivity index (χ3v) is 14.8. The first kappa shape index (κ1) is 42.5. The lowest BCUT2D eigenvalue weighted by Crippen LogP contribution is -2.00. The van der Waals surface area contributed by atoms with Crippen LogP contribution in [0.2, 0.25) is 0 Å². The minimum Gasteiger partial charge on any atom is -0.455 e. The minimum atomic E-state index is 0.531. The molecule has 0 N–H and O–H groups in total. The first-order chi connectivity index (χ1) is 37.2. The maximum atomic E-state index is 7.06. The van der Waals surface area contributed by atoms with Gasteiger partial charge in [0, 0.05) is 54.7 Å². The van der Waals surface area contributed by atoms with E-state index in [1.165, 1.54) is 21.5 Å². The van der Waals surface area contributed by atoms with Gasteiger partial charge in [0.2, 0.25) is 0 Å². The third kappa shape index (κ3) is 6.92. The van der Waals surface area contributed by atoms with Crippen LogP contribution in [0.25, 0.3) is 144 Å². The van der Waals surface area contributed by atoms with Gasteiger partial charge in [-0.2, -0.15) is 0 Å². The molecular formula is C69H43N5O. The van der Waals surface area contributed by atoms with Gasteiger partial charge in [-0.15, -0.1) is 0 Å². The number of fused-ring (bicyclic) bond motifs is 9. The van der Waals surface area contributed by atoms with Crippen LogP contribution in [-0.2, 0) is 0 Å². The Morgan fingerprint density at radius 2 is 0.800 bits per heavy atom. The smallest absolute Gasteiger partial charge is 0.167 e. The van der Waals surface area contributed by atoms with Gasteiger partial charge in [-0.3, -0.25) is 0 Å². The second kappa shape index (κ2) is 17.3. The average molecular weight is 958 g/mol. The molecule has 75 heavy (non-hydrogen) atoms. The fourth-order valence-corrected chi connectivity index (χ4v) is 11.4. The van der Waals surface area contributed by atoms with E-state index in [2.05, 4.69) is 258 Å². The van der Waals surface area contributed by atoms with Crippen molar-refractivity contribution in [1.29, 1.82) is 0 Å². The van der Waals surface area contributed by atoms with Crippen LogP contribution in [0.1, 0.15) is 0 Å². The summed E-state index contributed by atoms with van der Waals surface area (Å²) in [6, 6.07) is 92.1. The molecule has 350 valence electrons. The summed E-state index contributed by atoms with van der Waals surface area (Å²) in [4.78, 5) is 15.8. The van der Waals surface area contributed by atoms with Gasteiger partial charge in [0.15, 0.2) is 17.5 Å². The molecule has 6 heteroatoms. The molecule has 15 rings (SSSR count). The molecule has 0 saturated carbocycles. The Labute approximate surface area is 431 Å². The molecule has 0 unspecified atom stereocenters. The lowest BCUT2D eigenvalue weighted by Gasteiger charge is -2.14. The first-order valence-electron chi connectivity index (χ1n) is 25.3. The maximum Gasteiger partial charge on any atom is 0.167 e. The van der Waals surface area contributed by atoms with Gasteiger partial charge in [0.05, 0.1) is 33.3 Å². The molecule has 6 nitrogen and oxygen atoms in total. The van der Waals surface area contributed by atoms with Crippen molar-refractivity contribution in [3.05, 3.63) is 261 Å². The van der Waals surface area contributed by atoms with Gasteiger partial charge in [-0.1, -0.05) is 206 Å². The Kier molecular flexibility index (Phi) is 9.78. The van der Waals surface area contributed by atoms with Gasteiger partial charge in [-0.25, -0.2) is 15.0 Å². The van der Waals surface area contributed by atoms with Crippen molar-refractivity contribution in [2.24, 2.45) is 0 Å². The van der Waals surface area contributed by atoms with Crippen LogP contribution in [-0.4, -0.2) is 24.1 Å². The quantitative estimate of drug-likeness (QED) is 0.152. The van der Waals surface area contributed by atoms with E-state index in [1.807, 2.05) is 12.1 Å². The van der Waals surface area contributed by atoms with Gasteiger partial charge >= 0.3 is 0 Å². The highest BCUT2D eigenvalue weighted by Crippen LogP contribution is 2.46. The fourth-order valence-electron chi connectivity index (χ4n) is 11.4. The highest BCUT2D eigenvalue weighted by Gasteiger charge is 2.25.